The lowest BCUT2D eigenvalue weighted by molar-refractivity contribution is 0.816. The fourth-order valence-corrected chi connectivity index (χ4v) is 2.78. The van der Waals surface area contributed by atoms with E-state index in [0.717, 1.165) is 0 Å². The molecule has 1 heteroatoms. The molecule has 0 aromatic carbocycles. The molecule has 1 heterocycles. The van der Waals surface area contributed by atoms with Crippen LogP contribution in [0.1, 0.15) is 29.4 Å². The zero-order chi connectivity index (χ0) is 12.1. The Balaban J connectivity index is 3.33. The van der Waals surface area contributed by atoms with E-state index in [1.807, 2.05) is 0 Å². The van der Waals surface area contributed by atoms with Crippen LogP contribution in [0.5, 0.6) is 0 Å². The van der Waals surface area contributed by atoms with Crippen molar-refractivity contribution >= 4 is 8.07 Å². The molecule has 1 aliphatic heterocycles. The molecule has 0 unspecified atom stereocenters. The van der Waals surface area contributed by atoms with E-state index in [1.165, 1.54) is 6.92 Å². The summed E-state index contributed by atoms with van der Waals surface area (Å²) in [6.45, 7) is -3.44. The van der Waals surface area contributed by atoms with Gasteiger partial charge in [-0.15, -0.1) is 0 Å². The van der Waals surface area contributed by atoms with Gasteiger partial charge in [0.1, 0.15) is 0 Å². The van der Waals surface area contributed by atoms with Crippen LogP contribution in [0.3, 0.4) is 0 Å². The van der Waals surface area contributed by atoms with E-state index in [2.05, 4.69) is 0 Å². The van der Waals surface area contributed by atoms with Gasteiger partial charge in [-0.25, -0.2) is 0 Å². The van der Waals surface area contributed by atoms with Gasteiger partial charge in [0.15, 0.2) is 0 Å². The zero-order valence-corrected chi connectivity index (χ0v) is 6.12. The van der Waals surface area contributed by atoms with Gasteiger partial charge in [0, 0.05) is 9.60 Å². The molecule has 1 atom stereocenters. The van der Waals surface area contributed by atoms with Gasteiger partial charge in [-0.1, -0.05) is 38.8 Å². The first kappa shape index (κ1) is 1.85. The summed E-state index contributed by atoms with van der Waals surface area (Å²) in [7, 11) is -3.60. The summed E-state index contributed by atoms with van der Waals surface area (Å²) in [5.41, 5.74) is -1.26. The molecule has 1 fully saturated rings. The average molecular weight is 135 g/mol. The highest BCUT2D eigenvalue weighted by Gasteiger charge is 2.32. The Morgan fingerprint density at radius 2 is 2.50 bits per heavy atom. The predicted octanol–water partition coefficient (Wildman–Crippen LogP) is 2.88. The minimum Gasteiger partial charge on any atom is -0.0692 e. The topological polar surface area (TPSA) is 0 Å². The van der Waals surface area contributed by atoms with Crippen LogP contribution in [-0.4, -0.2) is 8.07 Å². The Hall–Kier alpha value is 0.217. The molecule has 0 N–H and O–H groups in total. The fraction of sp³-hybridized carbons (Fsp3) is 1.00. The summed E-state index contributed by atoms with van der Waals surface area (Å²) in [4.78, 5) is 0. The summed E-state index contributed by atoms with van der Waals surface area (Å²) < 4.78 is 53.1. The van der Waals surface area contributed by atoms with Gasteiger partial charge in [-0.2, -0.15) is 0 Å². The standard InChI is InChI=1S/C7H16Si/c1-7-5-4-6-8(7,2)3/h7H,4-6H2,1-3H3/t7-/m1/s1/i2D3,3D3,7D. The highest BCUT2D eigenvalue weighted by molar-refractivity contribution is 6.79. The van der Waals surface area contributed by atoms with Crippen LogP contribution < -0.4 is 0 Å². The largest absolute Gasteiger partial charge is 0.0692 e. The first-order valence-corrected chi connectivity index (χ1v) is 5.16. The monoisotopic (exact) mass is 135 g/mol. The van der Waals surface area contributed by atoms with Gasteiger partial charge < -0.3 is 0 Å². The van der Waals surface area contributed by atoms with Crippen molar-refractivity contribution < 1.29 is 9.60 Å². The van der Waals surface area contributed by atoms with Gasteiger partial charge in [0.05, 0.1) is 8.07 Å². The summed E-state index contributed by atoms with van der Waals surface area (Å²) in [6.07, 6.45) is 0.957. The molecule has 1 saturated heterocycles. The SMILES string of the molecule is [2H]C([2H])([2H])[Si]1(C([2H])([2H])[2H])CCC[C@@]1([2H])C. The van der Waals surface area contributed by atoms with Gasteiger partial charge in [-0.3, -0.25) is 0 Å². The quantitative estimate of drug-likeness (QED) is 0.448. The minimum absolute atomic E-state index is 0.222. The lowest BCUT2D eigenvalue weighted by Crippen LogP contribution is -2.24. The molecule has 0 amide bonds. The second-order valence-corrected chi connectivity index (χ2v) is 5.70. The van der Waals surface area contributed by atoms with Crippen molar-refractivity contribution in [3.05, 3.63) is 0 Å². The Morgan fingerprint density at radius 3 is 2.75 bits per heavy atom. The third-order valence-electron chi connectivity index (χ3n) is 1.83. The molecule has 8 heavy (non-hydrogen) atoms. The Kier molecular flexibility index (Phi) is 0.432. The summed E-state index contributed by atoms with van der Waals surface area (Å²) >= 11 is 0. The highest BCUT2D eigenvalue weighted by Crippen LogP contribution is 2.38. The van der Waals surface area contributed by atoms with Crippen molar-refractivity contribution in [1.29, 1.82) is 0 Å². The normalized spacial score (nSPS) is 60.9. The van der Waals surface area contributed by atoms with E-state index in [4.69, 9.17) is 9.60 Å². The molecule has 0 spiro atoms. The third kappa shape index (κ3) is 0.969. The maximum absolute atomic E-state index is 8.04. The molecule has 0 aromatic rings. The highest BCUT2D eigenvalue weighted by atomic mass is 28.3. The van der Waals surface area contributed by atoms with Crippen molar-refractivity contribution in [2.24, 2.45) is 0 Å². The van der Waals surface area contributed by atoms with Crippen LogP contribution in [0, 0.1) is 0 Å². The smallest absolute Gasteiger partial charge is 0.0502 e. The molecular formula is C7H16Si. The van der Waals surface area contributed by atoms with Crippen molar-refractivity contribution in [2.45, 2.75) is 44.3 Å². The molecule has 48 valence electrons. The van der Waals surface area contributed by atoms with Crippen molar-refractivity contribution in [1.82, 2.24) is 0 Å². The van der Waals surface area contributed by atoms with Gasteiger partial charge in [0.2, 0.25) is 0 Å². The average Bonchev–Trinajstić information content (AvgIpc) is 2.21. The minimum atomic E-state index is -3.60. The summed E-state index contributed by atoms with van der Waals surface area (Å²) in [5.74, 6) is 0. The summed E-state index contributed by atoms with van der Waals surface area (Å²) in [5, 5.41) is 0. The maximum atomic E-state index is 8.04. The van der Waals surface area contributed by atoms with Crippen molar-refractivity contribution in [3.63, 3.8) is 0 Å². The van der Waals surface area contributed by atoms with Crippen LogP contribution >= 0.6 is 0 Å². The van der Waals surface area contributed by atoms with Gasteiger partial charge in [0.25, 0.3) is 0 Å². The molecular weight excluding hydrogens is 112 g/mol. The first-order valence-electron chi connectivity index (χ1n) is 6.46. The van der Waals surface area contributed by atoms with E-state index in [9.17, 15) is 0 Å². The fourth-order valence-electron chi connectivity index (χ4n) is 1.05. The molecule has 0 aromatic heterocycles. The molecule has 1 aliphatic rings. The van der Waals surface area contributed by atoms with Crippen LogP contribution in [0.25, 0.3) is 0 Å². The Morgan fingerprint density at radius 1 is 1.75 bits per heavy atom. The van der Waals surface area contributed by atoms with Crippen LogP contribution in [0.15, 0.2) is 0 Å². The second-order valence-electron chi connectivity index (χ2n) is 2.54. The zero-order valence-electron chi connectivity index (χ0n) is 12.1. The van der Waals surface area contributed by atoms with Crippen LogP contribution in [0.2, 0.25) is 24.5 Å². The summed E-state index contributed by atoms with van der Waals surface area (Å²) in [6, 6.07) is 0.222. The lowest BCUT2D eigenvalue weighted by Gasteiger charge is -2.19. The van der Waals surface area contributed by atoms with E-state index >= 15 is 0 Å². The van der Waals surface area contributed by atoms with E-state index < -0.39 is 26.5 Å². The predicted molar refractivity (Wildman–Crippen MR) is 40.9 cm³/mol. The Bertz CT molecular complexity index is 237. The Labute approximate surface area is 63.1 Å². The van der Waals surface area contributed by atoms with Crippen molar-refractivity contribution in [3.8, 4) is 0 Å². The number of hydrogen-bond donors (Lipinski definition) is 0. The third-order valence-corrected chi connectivity index (χ3v) is 4.64. The van der Waals surface area contributed by atoms with Gasteiger partial charge >= 0.3 is 0 Å². The van der Waals surface area contributed by atoms with Crippen LogP contribution in [0.4, 0.5) is 0 Å². The van der Waals surface area contributed by atoms with Gasteiger partial charge in [-0.05, 0) is 5.52 Å². The lowest BCUT2D eigenvalue weighted by atomic mass is 10.3. The van der Waals surface area contributed by atoms with E-state index in [0.29, 0.717) is 12.8 Å². The molecule has 1 rings (SSSR count). The van der Waals surface area contributed by atoms with Crippen LogP contribution in [-0.2, 0) is 0 Å². The van der Waals surface area contributed by atoms with Crippen molar-refractivity contribution in [2.75, 3.05) is 0 Å². The molecule has 0 nitrogen and oxygen atoms in total. The maximum Gasteiger partial charge on any atom is 0.0502 e. The molecule has 0 bridgehead atoms. The number of hydrogen-bond acceptors (Lipinski definition) is 0. The van der Waals surface area contributed by atoms with E-state index in [1.54, 1.807) is 0 Å². The first-order chi connectivity index (χ1) is 6.46. The second kappa shape index (κ2) is 1.87. The molecule has 0 saturated carbocycles. The molecule has 0 aliphatic carbocycles. The molecule has 0 radical (unpaired) electrons. The number of rotatable bonds is 0. The van der Waals surface area contributed by atoms with E-state index in [-0.39, 0.29) is 6.04 Å².